The highest BCUT2D eigenvalue weighted by Crippen LogP contribution is 2.38. The monoisotopic (exact) mass is 309 g/mol. The lowest BCUT2D eigenvalue weighted by molar-refractivity contribution is 0.239. The van der Waals surface area contributed by atoms with Gasteiger partial charge in [0.1, 0.15) is 5.75 Å². The molecule has 2 nitrogen and oxygen atoms in total. The van der Waals surface area contributed by atoms with Crippen LogP contribution in [0.4, 0.5) is 0 Å². The van der Waals surface area contributed by atoms with Gasteiger partial charge in [0.15, 0.2) is 0 Å². The maximum Gasteiger partial charge on any atom is 0.124 e. The van der Waals surface area contributed by atoms with Crippen molar-refractivity contribution < 1.29 is 4.74 Å². The van der Waals surface area contributed by atoms with Crippen LogP contribution in [0.3, 0.4) is 0 Å². The van der Waals surface area contributed by atoms with Crippen LogP contribution < -0.4 is 10.1 Å². The lowest BCUT2D eigenvalue weighted by Crippen LogP contribution is -2.19. The number of thiophene rings is 1. The Hall–Kier alpha value is -1.03. The van der Waals surface area contributed by atoms with E-state index in [-0.39, 0.29) is 12.1 Å². The van der Waals surface area contributed by atoms with Gasteiger partial charge in [-0.2, -0.15) is 0 Å². The van der Waals surface area contributed by atoms with E-state index in [9.17, 15) is 0 Å². The first-order valence-electron chi connectivity index (χ1n) is 6.71. The quantitative estimate of drug-likeness (QED) is 0.856. The van der Waals surface area contributed by atoms with Crippen LogP contribution in [0.5, 0.6) is 5.75 Å². The molecule has 1 aromatic carbocycles. The molecule has 4 heteroatoms. The number of hydrogen-bond donors (Lipinski definition) is 1. The fraction of sp³-hybridized carbons (Fsp3) is 0.375. The van der Waals surface area contributed by atoms with Crippen molar-refractivity contribution in [2.45, 2.75) is 32.9 Å². The number of para-hydroxylation sites is 1. The van der Waals surface area contributed by atoms with Crippen molar-refractivity contribution >= 4 is 22.9 Å². The first-order valence-corrected chi connectivity index (χ1v) is 7.96. The molecule has 108 valence electrons. The number of rotatable bonds is 5. The largest absolute Gasteiger partial charge is 0.491 e. The predicted octanol–water partition coefficient (Wildman–Crippen LogP) is 4.81. The molecule has 0 saturated carbocycles. The van der Waals surface area contributed by atoms with E-state index in [1.807, 2.05) is 46.0 Å². The average molecular weight is 310 g/mol. The Kier molecular flexibility index (Phi) is 5.08. The van der Waals surface area contributed by atoms with Gasteiger partial charge in [0.25, 0.3) is 0 Å². The summed E-state index contributed by atoms with van der Waals surface area (Å²) in [6, 6.07) is 8.17. The van der Waals surface area contributed by atoms with Crippen molar-refractivity contribution in [3.8, 4) is 5.75 Å². The van der Waals surface area contributed by atoms with E-state index in [0.29, 0.717) is 0 Å². The fourth-order valence-corrected chi connectivity index (χ4v) is 3.58. The Morgan fingerprint density at radius 3 is 2.50 bits per heavy atom. The van der Waals surface area contributed by atoms with Crippen LogP contribution in [0.1, 0.15) is 35.9 Å². The predicted molar refractivity (Wildman–Crippen MR) is 87.2 cm³/mol. The molecule has 0 bridgehead atoms. The molecule has 0 fully saturated rings. The van der Waals surface area contributed by atoms with Gasteiger partial charge in [0.2, 0.25) is 0 Å². The Balaban J connectivity index is 2.44. The molecule has 1 unspecified atom stereocenters. The Morgan fingerprint density at radius 2 is 1.95 bits per heavy atom. The molecule has 0 aliphatic rings. The number of aryl methyl sites for hydroxylation is 1. The second-order valence-corrected chi connectivity index (χ2v) is 6.31. The van der Waals surface area contributed by atoms with Gasteiger partial charge in [-0.25, -0.2) is 0 Å². The molecule has 1 heterocycles. The van der Waals surface area contributed by atoms with E-state index in [1.54, 1.807) is 11.3 Å². The SMILES string of the molecule is CNC(c1ccccc1OC(C)C)c1scc(C)c1Cl. The standard InChI is InChI=1S/C16H20ClNOS/c1-10(2)19-13-8-6-5-7-12(13)15(18-4)16-14(17)11(3)9-20-16/h5-10,15,18H,1-4H3. The molecule has 2 rings (SSSR count). The fourth-order valence-electron chi connectivity index (χ4n) is 2.15. The lowest BCUT2D eigenvalue weighted by Gasteiger charge is -2.21. The summed E-state index contributed by atoms with van der Waals surface area (Å²) in [6.07, 6.45) is 0.147. The van der Waals surface area contributed by atoms with Crippen LogP contribution in [0.15, 0.2) is 29.6 Å². The smallest absolute Gasteiger partial charge is 0.124 e. The van der Waals surface area contributed by atoms with E-state index < -0.39 is 0 Å². The van der Waals surface area contributed by atoms with E-state index >= 15 is 0 Å². The zero-order valence-corrected chi connectivity index (χ0v) is 13.8. The van der Waals surface area contributed by atoms with Gasteiger partial charge >= 0.3 is 0 Å². The summed E-state index contributed by atoms with van der Waals surface area (Å²) >= 11 is 8.10. The van der Waals surface area contributed by atoms with E-state index in [0.717, 1.165) is 26.8 Å². The van der Waals surface area contributed by atoms with Crippen molar-refractivity contribution in [3.05, 3.63) is 50.7 Å². The van der Waals surface area contributed by atoms with Crippen LogP contribution in [0.25, 0.3) is 0 Å². The minimum atomic E-state index is 0.0520. The minimum Gasteiger partial charge on any atom is -0.491 e. The maximum absolute atomic E-state index is 6.42. The number of benzene rings is 1. The average Bonchev–Trinajstić information content (AvgIpc) is 2.73. The zero-order valence-electron chi connectivity index (χ0n) is 12.2. The highest BCUT2D eigenvalue weighted by molar-refractivity contribution is 7.10. The van der Waals surface area contributed by atoms with Crippen LogP contribution in [0, 0.1) is 6.92 Å². The van der Waals surface area contributed by atoms with E-state index in [2.05, 4.69) is 16.8 Å². The number of halogens is 1. The highest BCUT2D eigenvalue weighted by atomic mass is 35.5. The number of hydrogen-bond acceptors (Lipinski definition) is 3. The summed E-state index contributed by atoms with van der Waals surface area (Å²) in [5.41, 5.74) is 2.24. The zero-order chi connectivity index (χ0) is 14.7. The summed E-state index contributed by atoms with van der Waals surface area (Å²) in [4.78, 5) is 1.13. The summed E-state index contributed by atoms with van der Waals surface area (Å²) < 4.78 is 5.92. The molecule has 1 atom stereocenters. The van der Waals surface area contributed by atoms with Crippen LogP contribution in [-0.2, 0) is 0 Å². The summed E-state index contributed by atoms with van der Waals surface area (Å²) in [5.74, 6) is 0.906. The molecule has 0 radical (unpaired) electrons. The molecule has 0 amide bonds. The molecule has 0 saturated heterocycles. The third-order valence-corrected chi connectivity index (χ3v) is 4.85. The topological polar surface area (TPSA) is 21.3 Å². The van der Waals surface area contributed by atoms with Gasteiger partial charge in [-0.15, -0.1) is 11.3 Å². The third kappa shape index (κ3) is 3.17. The molecule has 1 N–H and O–H groups in total. The van der Waals surface area contributed by atoms with Gasteiger partial charge in [-0.1, -0.05) is 29.8 Å². The van der Waals surface area contributed by atoms with Crippen LogP contribution >= 0.6 is 22.9 Å². The molecule has 0 aliphatic heterocycles. The minimum absolute atomic E-state index is 0.0520. The lowest BCUT2D eigenvalue weighted by atomic mass is 10.0. The highest BCUT2D eigenvalue weighted by Gasteiger charge is 2.21. The Bertz CT molecular complexity index is 580. The van der Waals surface area contributed by atoms with Crippen molar-refractivity contribution in [3.63, 3.8) is 0 Å². The second kappa shape index (κ2) is 6.61. The maximum atomic E-state index is 6.42. The first kappa shape index (κ1) is 15.4. The molecule has 0 spiro atoms. The number of ether oxygens (including phenoxy) is 1. The third-order valence-electron chi connectivity index (χ3n) is 3.07. The summed E-state index contributed by atoms with van der Waals surface area (Å²) in [7, 11) is 1.95. The van der Waals surface area contributed by atoms with Crippen molar-refractivity contribution in [1.29, 1.82) is 0 Å². The molecule has 2 aromatic rings. The van der Waals surface area contributed by atoms with Gasteiger partial charge < -0.3 is 10.1 Å². The second-order valence-electron chi connectivity index (χ2n) is 5.02. The molecule has 20 heavy (non-hydrogen) atoms. The van der Waals surface area contributed by atoms with Crippen molar-refractivity contribution in [2.75, 3.05) is 7.05 Å². The van der Waals surface area contributed by atoms with Gasteiger partial charge in [0.05, 0.1) is 17.2 Å². The summed E-state index contributed by atoms with van der Waals surface area (Å²) in [5, 5.41) is 6.28. The normalized spacial score (nSPS) is 12.7. The van der Waals surface area contributed by atoms with Crippen molar-refractivity contribution in [2.24, 2.45) is 0 Å². The van der Waals surface area contributed by atoms with E-state index in [4.69, 9.17) is 16.3 Å². The van der Waals surface area contributed by atoms with Crippen molar-refractivity contribution in [1.82, 2.24) is 5.32 Å². The van der Waals surface area contributed by atoms with Gasteiger partial charge in [-0.3, -0.25) is 0 Å². The number of nitrogens with one attached hydrogen (secondary N) is 1. The molecule has 0 aliphatic carbocycles. The van der Waals surface area contributed by atoms with E-state index in [1.165, 1.54) is 0 Å². The molecule has 1 aromatic heterocycles. The first-order chi connectivity index (χ1) is 9.54. The van der Waals surface area contributed by atoms with Crippen LogP contribution in [-0.4, -0.2) is 13.2 Å². The molecular weight excluding hydrogens is 290 g/mol. The summed E-state index contributed by atoms with van der Waals surface area (Å²) in [6.45, 7) is 6.10. The molecular formula is C16H20ClNOS. The van der Waals surface area contributed by atoms with Gasteiger partial charge in [0, 0.05) is 10.4 Å². The Labute approximate surface area is 129 Å². The van der Waals surface area contributed by atoms with Gasteiger partial charge in [-0.05, 0) is 44.8 Å². The Morgan fingerprint density at radius 1 is 1.25 bits per heavy atom. The van der Waals surface area contributed by atoms with Crippen LogP contribution in [0.2, 0.25) is 5.02 Å².